The maximum atomic E-state index is 12.6. The Kier molecular flexibility index (Phi) is 3.84. The predicted octanol–water partition coefficient (Wildman–Crippen LogP) is 0.919. The molecule has 0 unspecified atom stereocenters. The molecular weight excluding hydrogens is 348 g/mol. The van der Waals surface area contributed by atoms with Gasteiger partial charge in [-0.25, -0.2) is 9.78 Å². The lowest BCUT2D eigenvalue weighted by Gasteiger charge is -2.10. The largest absolute Gasteiger partial charge is 0.329 e. The van der Waals surface area contributed by atoms with Crippen LogP contribution in [0.2, 0.25) is 0 Å². The SMILES string of the molecule is Cc1cc(NC(=O)Cn2cnc3[nH]c(=O)n(C)c(=O)c32)c2ccccc2n1. The van der Waals surface area contributed by atoms with Crippen molar-refractivity contribution in [3.8, 4) is 0 Å². The van der Waals surface area contributed by atoms with E-state index < -0.39 is 11.2 Å². The number of hydrogen-bond donors (Lipinski definition) is 2. The Morgan fingerprint density at radius 3 is 2.85 bits per heavy atom. The first-order valence-electron chi connectivity index (χ1n) is 8.24. The number of aromatic nitrogens is 5. The van der Waals surface area contributed by atoms with Crippen LogP contribution in [0.25, 0.3) is 22.1 Å². The molecule has 3 heterocycles. The molecule has 3 aromatic heterocycles. The van der Waals surface area contributed by atoms with Gasteiger partial charge in [0.2, 0.25) is 5.91 Å². The standard InChI is InChI=1S/C18H16N6O3/c1-10-7-13(11-5-3-4-6-12(11)20-10)21-14(25)8-24-9-19-16-15(24)17(26)23(2)18(27)22-16/h3-7,9H,8H2,1-2H3,(H,22,27)(H,20,21,25). The van der Waals surface area contributed by atoms with Crippen molar-refractivity contribution in [2.45, 2.75) is 13.5 Å². The number of aryl methyl sites for hydroxylation is 1. The lowest BCUT2D eigenvalue weighted by molar-refractivity contribution is -0.116. The first kappa shape index (κ1) is 16.7. The Balaban J connectivity index is 1.69. The number of hydrogen-bond acceptors (Lipinski definition) is 5. The molecule has 0 aliphatic rings. The number of nitrogens with zero attached hydrogens (tertiary/aromatic N) is 4. The highest BCUT2D eigenvalue weighted by molar-refractivity contribution is 6.01. The first-order chi connectivity index (χ1) is 12.9. The topological polar surface area (TPSA) is 115 Å². The molecule has 0 aliphatic carbocycles. The quantitative estimate of drug-likeness (QED) is 0.561. The van der Waals surface area contributed by atoms with Crippen LogP contribution >= 0.6 is 0 Å². The van der Waals surface area contributed by atoms with Crippen LogP contribution in [-0.2, 0) is 18.4 Å². The van der Waals surface area contributed by atoms with Crippen molar-refractivity contribution in [3.05, 3.63) is 63.2 Å². The number of carbonyl (C=O) groups excluding carboxylic acids is 1. The van der Waals surface area contributed by atoms with Gasteiger partial charge in [0.05, 0.1) is 17.5 Å². The van der Waals surface area contributed by atoms with Gasteiger partial charge >= 0.3 is 5.69 Å². The minimum absolute atomic E-state index is 0.118. The number of anilines is 1. The number of H-pyrrole nitrogens is 1. The second kappa shape index (κ2) is 6.20. The summed E-state index contributed by atoms with van der Waals surface area (Å²) in [4.78, 5) is 47.5. The van der Waals surface area contributed by atoms with Gasteiger partial charge in [-0.1, -0.05) is 18.2 Å². The number of para-hydroxylation sites is 1. The number of fused-ring (bicyclic) bond motifs is 2. The van der Waals surface area contributed by atoms with Gasteiger partial charge in [0.1, 0.15) is 6.54 Å². The molecule has 0 aliphatic heterocycles. The second-order valence-corrected chi connectivity index (χ2v) is 6.24. The number of rotatable bonds is 3. The normalized spacial score (nSPS) is 11.2. The van der Waals surface area contributed by atoms with Gasteiger partial charge in [-0.15, -0.1) is 0 Å². The van der Waals surface area contributed by atoms with Gasteiger partial charge in [0, 0.05) is 18.1 Å². The summed E-state index contributed by atoms with van der Waals surface area (Å²) < 4.78 is 2.36. The highest BCUT2D eigenvalue weighted by Crippen LogP contribution is 2.23. The van der Waals surface area contributed by atoms with Gasteiger partial charge in [-0.2, -0.15) is 0 Å². The summed E-state index contributed by atoms with van der Waals surface area (Å²) in [5, 5.41) is 3.69. The van der Waals surface area contributed by atoms with E-state index in [1.807, 2.05) is 31.2 Å². The fourth-order valence-electron chi connectivity index (χ4n) is 3.01. The number of nitrogens with one attached hydrogen (secondary N) is 2. The maximum absolute atomic E-state index is 12.6. The van der Waals surface area contributed by atoms with Gasteiger partial charge in [-0.3, -0.25) is 24.1 Å². The summed E-state index contributed by atoms with van der Waals surface area (Å²) in [5.74, 6) is -0.321. The lowest BCUT2D eigenvalue weighted by atomic mass is 10.1. The number of amides is 1. The van der Waals surface area contributed by atoms with E-state index in [2.05, 4.69) is 20.3 Å². The number of pyridine rings is 1. The van der Waals surface area contributed by atoms with E-state index in [1.54, 1.807) is 6.07 Å². The Morgan fingerprint density at radius 2 is 2.04 bits per heavy atom. The van der Waals surface area contributed by atoms with E-state index in [-0.39, 0.29) is 23.6 Å². The summed E-state index contributed by atoms with van der Waals surface area (Å²) in [6.07, 6.45) is 1.36. The van der Waals surface area contributed by atoms with Crippen molar-refractivity contribution in [1.82, 2.24) is 24.1 Å². The predicted molar refractivity (Wildman–Crippen MR) is 101 cm³/mol. The number of imidazole rings is 1. The monoisotopic (exact) mass is 364 g/mol. The minimum Gasteiger partial charge on any atom is -0.324 e. The third-order valence-electron chi connectivity index (χ3n) is 4.31. The summed E-state index contributed by atoms with van der Waals surface area (Å²) in [5.41, 5.74) is 1.47. The van der Waals surface area contributed by atoms with Crippen molar-refractivity contribution in [1.29, 1.82) is 0 Å². The van der Waals surface area contributed by atoms with Crippen LogP contribution in [0.15, 0.2) is 46.2 Å². The zero-order valence-corrected chi connectivity index (χ0v) is 14.7. The highest BCUT2D eigenvalue weighted by atomic mass is 16.2. The molecule has 0 saturated heterocycles. The van der Waals surface area contributed by atoms with Gasteiger partial charge < -0.3 is 9.88 Å². The molecule has 2 N–H and O–H groups in total. The molecule has 0 radical (unpaired) electrons. The molecule has 1 amide bonds. The number of aromatic amines is 1. The van der Waals surface area contributed by atoms with Crippen molar-refractivity contribution < 1.29 is 4.79 Å². The number of carbonyl (C=O) groups is 1. The van der Waals surface area contributed by atoms with E-state index >= 15 is 0 Å². The van der Waals surface area contributed by atoms with Crippen LogP contribution in [0.1, 0.15) is 5.69 Å². The average Bonchev–Trinajstić information content (AvgIpc) is 3.02. The molecule has 0 fully saturated rings. The zero-order valence-electron chi connectivity index (χ0n) is 14.7. The van der Waals surface area contributed by atoms with Crippen LogP contribution in [0.5, 0.6) is 0 Å². The fraction of sp³-hybridized carbons (Fsp3) is 0.167. The van der Waals surface area contributed by atoms with Crippen LogP contribution in [-0.4, -0.2) is 30.0 Å². The molecule has 4 rings (SSSR count). The minimum atomic E-state index is -0.555. The van der Waals surface area contributed by atoms with Crippen molar-refractivity contribution in [3.63, 3.8) is 0 Å². The Bertz CT molecular complexity index is 1310. The summed E-state index contributed by atoms with van der Waals surface area (Å²) in [7, 11) is 1.36. The molecular formula is C18H16N6O3. The van der Waals surface area contributed by atoms with E-state index in [0.717, 1.165) is 21.2 Å². The maximum Gasteiger partial charge on any atom is 0.329 e. The van der Waals surface area contributed by atoms with E-state index in [9.17, 15) is 14.4 Å². The first-order valence-corrected chi connectivity index (χ1v) is 8.24. The molecule has 136 valence electrons. The molecule has 0 saturated carbocycles. The third kappa shape index (κ3) is 2.88. The molecule has 0 atom stereocenters. The summed E-state index contributed by atoms with van der Waals surface area (Å²) in [6.45, 7) is 1.74. The molecule has 27 heavy (non-hydrogen) atoms. The number of benzene rings is 1. The van der Waals surface area contributed by atoms with E-state index in [0.29, 0.717) is 5.69 Å². The Labute approximate surface area is 152 Å². The molecule has 9 nitrogen and oxygen atoms in total. The van der Waals surface area contributed by atoms with Crippen molar-refractivity contribution in [2.75, 3.05) is 5.32 Å². The van der Waals surface area contributed by atoms with E-state index in [1.165, 1.54) is 17.9 Å². The lowest BCUT2D eigenvalue weighted by Crippen LogP contribution is -2.33. The summed E-state index contributed by atoms with van der Waals surface area (Å²) in [6, 6.07) is 9.31. The van der Waals surface area contributed by atoms with E-state index in [4.69, 9.17) is 0 Å². The van der Waals surface area contributed by atoms with Crippen LogP contribution < -0.4 is 16.6 Å². The van der Waals surface area contributed by atoms with Crippen LogP contribution in [0.4, 0.5) is 5.69 Å². The van der Waals surface area contributed by atoms with Gasteiger partial charge in [0.25, 0.3) is 5.56 Å². The third-order valence-corrected chi connectivity index (χ3v) is 4.31. The molecule has 0 spiro atoms. The Hall–Kier alpha value is -3.75. The van der Waals surface area contributed by atoms with Gasteiger partial charge in [0.15, 0.2) is 11.2 Å². The second-order valence-electron chi connectivity index (χ2n) is 6.24. The highest BCUT2D eigenvalue weighted by Gasteiger charge is 2.14. The molecule has 0 bridgehead atoms. The molecule has 1 aromatic carbocycles. The average molecular weight is 364 g/mol. The molecule has 9 heteroatoms. The zero-order chi connectivity index (χ0) is 19.1. The van der Waals surface area contributed by atoms with Crippen LogP contribution in [0.3, 0.4) is 0 Å². The van der Waals surface area contributed by atoms with Crippen LogP contribution in [0, 0.1) is 6.92 Å². The van der Waals surface area contributed by atoms with Crippen molar-refractivity contribution in [2.24, 2.45) is 7.05 Å². The van der Waals surface area contributed by atoms with Gasteiger partial charge in [-0.05, 0) is 19.1 Å². The molecule has 4 aromatic rings. The Morgan fingerprint density at radius 1 is 1.26 bits per heavy atom. The fourth-order valence-corrected chi connectivity index (χ4v) is 3.01. The summed E-state index contributed by atoms with van der Waals surface area (Å²) >= 11 is 0. The van der Waals surface area contributed by atoms with Crippen molar-refractivity contribution >= 4 is 33.7 Å². The smallest absolute Gasteiger partial charge is 0.324 e.